The van der Waals surface area contributed by atoms with Crippen molar-refractivity contribution in [3.05, 3.63) is 0 Å². The molecule has 0 aromatic rings. The molecule has 1 aliphatic heterocycles. The number of nitrogens with one attached hydrogen (secondary N) is 2. The van der Waals surface area contributed by atoms with Crippen LogP contribution in [-0.2, 0) is 14.8 Å². The lowest BCUT2D eigenvalue weighted by Gasteiger charge is -2.11. The molecule has 0 aromatic heterocycles. The molecule has 0 amide bonds. The molecule has 0 bridgehead atoms. The van der Waals surface area contributed by atoms with Crippen LogP contribution in [0.2, 0.25) is 0 Å². The van der Waals surface area contributed by atoms with E-state index in [0.717, 1.165) is 37.4 Å². The topological polar surface area (TPSA) is 75.3 Å². The Hall–Kier alpha value is -0.0451. The van der Waals surface area contributed by atoms with Crippen LogP contribution in [0.15, 0.2) is 0 Å². The van der Waals surface area contributed by atoms with Gasteiger partial charge in [0, 0.05) is 5.92 Å². The van der Waals surface area contributed by atoms with Crippen molar-refractivity contribution in [1.29, 1.82) is 0 Å². The van der Waals surface area contributed by atoms with Gasteiger partial charge in [-0.25, -0.2) is 13.1 Å². The van der Waals surface area contributed by atoms with E-state index in [1.54, 1.807) is 0 Å². The van der Waals surface area contributed by atoms with E-state index < -0.39 is 15.4 Å². The van der Waals surface area contributed by atoms with Crippen LogP contribution >= 0.6 is 11.6 Å². The number of hydrogen-bond donors (Lipinski definition) is 2. The van der Waals surface area contributed by atoms with Crippen molar-refractivity contribution in [2.45, 2.75) is 31.1 Å². The number of carbonyl (C=O) groups is 1. The third-order valence-corrected chi connectivity index (χ3v) is 5.56. The molecule has 90 valence electrons. The van der Waals surface area contributed by atoms with Gasteiger partial charge in [0.2, 0.25) is 10.0 Å². The molecule has 1 atom stereocenters. The summed E-state index contributed by atoms with van der Waals surface area (Å²) in [5.74, 6) is 0.180. The van der Waals surface area contributed by atoms with E-state index in [9.17, 15) is 13.2 Å². The summed E-state index contributed by atoms with van der Waals surface area (Å²) in [7, 11) is -3.30. The highest BCUT2D eigenvalue weighted by molar-refractivity contribution is 8.34. The van der Waals surface area contributed by atoms with E-state index in [0.29, 0.717) is 6.42 Å². The molecule has 2 rings (SSSR count). The van der Waals surface area contributed by atoms with Crippen LogP contribution in [0.5, 0.6) is 0 Å². The molecule has 1 saturated carbocycles. The molecule has 16 heavy (non-hydrogen) atoms. The van der Waals surface area contributed by atoms with Crippen LogP contribution in [0.3, 0.4) is 0 Å². The molecule has 0 aromatic carbocycles. The normalized spacial score (nSPS) is 25.6. The van der Waals surface area contributed by atoms with E-state index in [4.69, 9.17) is 0 Å². The van der Waals surface area contributed by atoms with Gasteiger partial charge in [-0.15, -0.1) is 11.6 Å². The number of rotatable bonds is 5. The van der Waals surface area contributed by atoms with Crippen LogP contribution in [0.1, 0.15) is 25.7 Å². The summed E-state index contributed by atoms with van der Waals surface area (Å²) >= 11 is 1.08. The maximum atomic E-state index is 11.7. The second-order valence-electron chi connectivity index (χ2n) is 4.16. The van der Waals surface area contributed by atoms with Gasteiger partial charge < -0.3 is 5.32 Å². The zero-order valence-corrected chi connectivity index (χ0v) is 10.6. The van der Waals surface area contributed by atoms with E-state index >= 15 is 0 Å². The quantitative estimate of drug-likeness (QED) is 0.656. The zero-order valence-electron chi connectivity index (χ0n) is 8.94. The van der Waals surface area contributed by atoms with Gasteiger partial charge in [-0.1, -0.05) is 0 Å². The third kappa shape index (κ3) is 3.22. The first kappa shape index (κ1) is 12.4. The third-order valence-electron chi connectivity index (χ3n) is 2.77. The van der Waals surface area contributed by atoms with Crippen molar-refractivity contribution < 1.29 is 13.2 Å². The van der Waals surface area contributed by atoms with Crippen molar-refractivity contribution >= 4 is 33.4 Å². The van der Waals surface area contributed by atoms with Gasteiger partial charge in [-0.05, 0) is 32.2 Å². The van der Waals surface area contributed by atoms with E-state index in [2.05, 4.69) is 9.95 Å². The number of hydrogen-bond acceptors (Lipinski definition) is 5. The highest BCUT2D eigenvalue weighted by atomic mass is 32.2. The van der Waals surface area contributed by atoms with Crippen molar-refractivity contribution in [3.8, 4) is 0 Å². The Morgan fingerprint density at radius 2 is 2.12 bits per heavy atom. The zero-order chi connectivity index (χ0) is 11.6. The second kappa shape index (κ2) is 5.08. The first-order chi connectivity index (χ1) is 7.59. The Bertz CT molecular complexity index is 363. The Labute approximate surface area is 100 Å². The van der Waals surface area contributed by atoms with Crippen LogP contribution in [0.4, 0.5) is 0 Å². The number of carbonyl (C=O) groups excluding carboxylic acids is 1. The molecule has 0 spiro atoms. The summed E-state index contributed by atoms with van der Waals surface area (Å²) in [5, 5.41) is 2.56. The Kier molecular flexibility index (Phi) is 3.94. The molecule has 1 saturated heterocycles. The fourth-order valence-corrected chi connectivity index (χ4v) is 4.16. The fourth-order valence-electron chi connectivity index (χ4n) is 1.64. The summed E-state index contributed by atoms with van der Waals surface area (Å²) in [6.07, 6.45) is 3.46. The lowest BCUT2D eigenvalue weighted by molar-refractivity contribution is -0.111. The molecule has 1 heterocycles. The highest BCUT2D eigenvalue weighted by Crippen LogP contribution is 2.33. The Morgan fingerprint density at radius 3 is 2.69 bits per heavy atom. The summed E-state index contributed by atoms with van der Waals surface area (Å²) in [6, 6.07) is 0. The number of sulfonamides is 1. The molecule has 8 heteroatoms. The molecule has 2 fully saturated rings. The van der Waals surface area contributed by atoms with E-state index in [1.807, 2.05) is 0 Å². The summed E-state index contributed by atoms with van der Waals surface area (Å²) in [5.41, 5.74) is 0. The molecular formula is C8H15BN2O3S2. The van der Waals surface area contributed by atoms with Gasteiger partial charge in [-0.3, -0.25) is 4.79 Å². The minimum absolute atomic E-state index is 0.113. The van der Waals surface area contributed by atoms with Crippen LogP contribution < -0.4 is 9.95 Å². The summed E-state index contributed by atoms with van der Waals surface area (Å²) < 4.78 is 25.9. The monoisotopic (exact) mass is 262 g/mol. The van der Waals surface area contributed by atoms with Gasteiger partial charge in [-0.2, -0.15) is 0 Å². The smallest absolute Gasteiger partial charge is 0.295 e. The van der Waals surface area contributed by atoms with Crippen LogP contribution in [-0.4, -0.2) is 32.1 Å². The van der Waals surface area contributed by atoms with Crippen molar-refractivity contribution in [2.24, 2.45) is 5.92 Å². The molecule has 1 aliphatic carbocycles. The standard InChI is InChI=1S/C8H15BN2O3S2/c12-8(6-3-4-6)15-9-11-16(13,14)7-2-1-5-10-7/h6-7,9-11H,1-5H2/t7-/m1/s1. The highest BCUT2D eigenvalue weighted by Gasteiger charge is 2.31. The van der Waals surface area contributed by atoms with Gasteiger partial charge in [0.1, 0.15) is 5.37 Å². The molecule has 0 radical (unpaired) electrons. The average Bonchev–Trinajstić information content (AvgIpc) is 2.92. The van der Waals surface area contributed by atoms with Crippen molar-refractivity contribution in [1.82, 2.24) is 9.95 Å². The van der Waals surface area contributed by atoms with E-state index in [1.165, 1.54) is 0 Å². The van der Waals surface area contributed by atoms with E-state index in [-0.39, 0.29) is 17.7 Å². The summed E-state index contributed by atoms with van der Waals surface area (Å²) in [6.45, 7) is 0.912. The first-order valence-corrected chi connectivity index (χ1v) is 8.01. The van der Waals surface area contributed by atoms with Gasteiger partial charge >= 0.3 is 0 Å². The maximum absolute atomic E-state index is 11.7. The van der Waals surface area contributed by atoms with Crippen molar-refractivity contribution in [2.75, 3.05) is 6.54 Å². The lowest BCUT2D eigenvalue weighted by atomic mass is 10.4. The molecule has 2 N–H and O–H groups in total. The SMILES string of the molecule is O=C(SBNS(=O)(=O)[C@@H]1CCCN1)C1CC1. The summed E-state index contributed by atoms with van der Waals surface area (Å²) in [4.78, 5) is 11.3. The van der Waals surface area contributed by atoms with Crippen LogP contribution in [0, 0.1) is 5.92 Å². The van der Waals surface area contributed by atoms with Crippen LogP contribution in [0.25, 0.3) is 0 Å². The predicted octanol–water partition coefficient (Wildman–Crippen LogP) is -0.448. The molecule has 0 unspecified atom stereocenters. The van der Waals surface area contributed by atoms with Gasteiger partial charge in [0.05, 0.1) is 0 Å². The predicted molar refractivity (Wildman–Crippen MR) is 65.6 cm³/mol. The molecular weight excluding hydrogens is 247 g/mol. The minimum Gasteiger partial charge on any atom is -0.300 e. The molecule has 5 nitrogen and oxygen atoms in total. The molecule has 2 aliphatic rings. The van der Waals surface area contributed by atoms with Gasteiger partial charge in [0.15, 0.2) is 5.12 Å². The minimum atomic E-state index is -3.30. The Morgan fingerprint density at radius 1 is 1.38 bits per heavy atom. The average molecular weight is 262 g/mol. The Balaban J connectivity index is 1.73. The lowest BCUT2D eigenvalue weighted by Crippen LogP contribution is -2.41. The first-order valence-electron chi connectivity index (χ1n) is 5.48. The van der Waals surface area contributed by atoms with Crippen molar-refractivity contribution in [3.63, 3.8) is 0 Å². The maximum Gasteiger partial charge on any atom is 0.295 e. The fraction of sp³-hybridized carbons (Fsp3) is 0.875. The van der Waals surface area contributed by atoms with Gasteiger partial charge in [0.25, 0.3) is 6.69 Å². The second-order valence-corrected chi connectivity index (χ2v) is 7.08. The largest absolute Gasteiger partial charge is 0.300 e.